The van der Waals surface area contributed by atoms with E-state index in [4.69, 9.17) is 16.6 Å². The van der Waals surface area contributed by atoms with Crippen LogP contribution in [0.3, 0.4) is 0 Å². The maximum atomic E-state index is 12.0. The molecule has 31 heavy (non-hydrogen) atoms. The molecule has 164 valence electrons. The Morgan fingerprint density at radius 3 is 2.71 bits per heavy atom. The van der Waals surface area contributed by atoms with Gasteiger partial charge in [-0.15, -0.1) is 0 Å². The molecule has 3 fully saturated rings. The van der Waals surface area contributed by atoms with Gasteiger partial charge in [0.25, 0.3) is 0 Å². The van der Waals surface area contributed by atoms with Crippen molar-refractivity contribution in [3.05, 3.63) is 29.7 Å². The van der Waals surface area contributed by atoms with Crippen LogP contribution in [0.15, 0.2) is 24.7 Å². The number of piperidine rings is 1. The van der Waals surface area contributed by atoms with Crippen LogP contribution in [0.4, 0.5) is 23.1 Å². The maximum Gasteiger partial charge on any atom is 0.229 e. The van der Waals surface area contributed by atoms with Crippen molar-refractivity contribution < 1.29 is 4.79 Å². The second kappa shape index (κ2) is 8.96. The first-order valence-corrected chi connectivity index (χ1v) is 11.6. The summed E-state index contributed by atoms with van der Waals surface area (Å²) in [6.07, 6.45) is 11.6. The molecule has 5 heterocycles. The van der Waals surface area contributed by atoms with Crippen LogP contribution in [-0.4, -0.2) is 64.5 Å². The molecule has 1 amide bonds. The predicted molar refractivity (Wildman–Crippen MR) is 122 cm³/mol. The van der Waals surface area contributed by atoms with E-state index in [0.717, 1.165) is 49.7 Å². The van der Waals surface area contributed by atoms with Crippen LogP contribution in [0, 0.1) is 0 Å². The summed E-state index contributed by atoms with van der Waals surface area (Å²) in [5.41, 5.74) is 1.55. The fraction of sp³-hybridized carbons (Fsp3) is 0.545. The smallest absolute Gasteiger partial charge is 0.229 e. The fourth-order valence-corrected chi connectivity index (χ4v) is 5.06. The largest absolute Gasteiger partial charge is 0.354 e. The zero-order valence-corrected chi connectivity index (χ0v) is 18.4. The molecule has 3 aliphatic rings. The van der Waals surface area contributed by atoms with Gasteiger partial charge in [0.15, 0.2) is 5.82 Å². The van der Waals surface area contributed by atoms with Crippen LogP contribution < -0.4 is 15.1 Å². The first kappa shape index (κ1) is 20.5. The van der Waals surface area contributed by atoms with Gasteiger partial charge in [-0.2, -0.15) is 4.98 Å². The van der Waals surface area contributed by atoms with Crippen molar-refractivity contribution in [2.24, 2.45) is 0 Å². The second-order valence-electron chi connectivity index (χ2n) is 8.56. The average molecular weight is 442 g/mol. The lowest BCUT2D eigenvalue weighted by Gasteiger charge is -2.32. The Bertz CT molecular complexity index is 949. The molecule has 0 aromatic carbocycles. The third-order valence-corrected chi connectivity index (χ3v) is 6.73. The molecule has 0 aliphatic carbocycles. The van der Waals surface area contributed by atoms with Crippen molar-refractivity contribution in [2.45, 2.75) is 44.6 Å². The average Bonchev–Trinajstić information content (AvgIpc) is 3.45. The van der Waals surface area contributed by atoms with Crippen LogP contribution in [-0.2, 0) is 4.79 Å². The van der Waals surface area contributed by atoms with Gasteiger partial charge in [-0.25, -0.2) is 4.98 Å². The van der Waals surface area contributed by atoms with E-state index in [1.165, 1.54) is 32.4 Å². The number of carbonyl (C=O) groups excluding carboxylic acids is 1. The Morgan fingerprint density at radius 1 is 1.03 bits per heavy atom. The van der Waals surface area contributed by atoms with Gasteiger partial charge >= 0.3 is 0 Å². The number of anilines is 4. The Balaban J connectivity index is 1.30. The molecule has 1 atom stereocenters. The maximum absolute atomic E-state index is 12.0. The minimum atomic E-state index is 0.140. The summed E-state index contributed by atoms with van der Waals surface area (Å²) in [6.45, 7) is 5.03. The molecule has 8 nitrogen and oxygen atoms in total. The molecule has 0 spiro atoms. The van der Waals surface area contributed by atoms with Crippen molar-refractivity contribution >= 4 is 40.6 Å². The second-order valence-corrected chi connectivity index (χ2v) is 8.96. The van der Waals surface area contributed by atoms with Crippen molar-refractivity contribution in [1.29, 1.82) is 0 Å². The number of hydrogen-bond donors (Lipinski definition) is 1. The normalized spacial score (nSPS) is 22.4. The van der Waals surface area contributed by atoms with Crippen molar-refractivity contribution in [2.75, 3.05) is 47.8 Å². The third-order valence-electron chi connectivity index (χ3n) is 6.46. The molecule has 0 saturated carbocycles. The molecule has 9 heteroatoms. The van der Waals surface area contributed by atoms with Gasteiger partial charge in [0, 0.05) is 32.1 Å². The van der Waals surface area contributed by atoms with Crippen LogP contribution in [0.5, 0.6) is 0 Å². The van der Waals surface area contributed by atoms with E-state index in [1.54, 1.807) is 23.5 Å². The van der Waals surface area contributed by atoms with Crippen LogP contribution in [0.2, 0.25) is 5.02 Å². The molecule has 1 N–H and O–H groups in total. The number of nitrogens with zero attached hydrogens (tertiary/aromatic N) is 6. The number of likely N-dealkylation sites (tertiary alicyclic amines) is 1. The Hall–Kier alpha value is -2.45. The van der Waals surface area contributed by atoms with Crippen molar-refractivity contribution in [3.8, 4) is 0 Å². The van der Waals surface area contributed by atoms with E-state index < -0.39 is 0 Å². The van der Waals surface area contributed by atoms with Gasteiger partial charge in [-0.3, -0.25) is 14.7 Å². The van der Waals surface area contributed by atoms with E-state index in [1.807, 2.05) is 6.07 Å². The lowest BCUT2D eigenvalue weighted by atomic mass is 10.1. The highest BCUT2D eigenvalue weighted by Gasteiger charge is 2.30. The summed E-state index contributed by atoms with van der Waals surface area (Å²) < 4.78 is 0. The predicted octanol–water partition coefficient (Wildman–Crippen LogP) is 3.46. The van der Waals surface area contributed by atoms with Gasteiger partial charge in [0.05, 0.1) is 30.0 Å². The van der Waals surface area contributed by atoms with Crippen molar-refractivity contribution in [3.63, 3.8) is 0 Å². The summed E-state index contributed by atoms with van der Waals surface area (Å²) in [5.74, 6) is 1.39. The van der Waals surface area contributed by atoms with Crippen LogP contribution in [0.25, 0.3) is 0 Å². The number of pyridine rings is 1. The standard InChI is InChI=1S/C22H28ClN7O/c23-19-14-25-22(26-16-11-18(13-24-12-16)30-9-4-5-20(30)31)27-21(19)29-10-6-17(15-29)28-7-2-1-3-8-28/h11-14,17H,1-10,15H2,(H,25,26,27). The lowest BCUT2D eigenvalue weighted by molar-refractivity contribution is -0.117. The molecule has 3 aliphatic heterocycles. The van der Waals surface area contributed by atoms with E-state index in [2.05, 4.69) is 25.1 Å². The quantitative estimate of drug-likeness (QED) is 0.761. The molecule has 2 aromatic rings. The lowest BCUT2D eigenvalue weighted by Crippen LogP contribution is -2.41. The number of halogens is 1. The van der Waals surface area contributed by atoms with E-state index >= 15 is 0 Å². The molecular weight excluding hydrogens is 414 g/mol. The first-order valence-electron chi connectivity index (χ1n) is 11.2. The number of aromatic nitrogens is 3. The molecule has 0 radical (unpaired) electrons. The van der Waals surface area contributed by atoms with Gasteiger partial charge < -0.3 is 15.1 Å². The monoisotopic (exact) mass is 441 g/mol. The highest BCUT2D eigenvalue weighted by molar-refractivity contribution is 6.32. The summed E-state index contributed by atoms with van der Waals surface area (Å²) in [7, 11) is 0. The van der Waals surface area contributed by atoms with E-state index in [9.17, 15) is 4.79 Å². The SMILES string of the molecule is O=C1CCCN1c1cncc(Nc2ncc(Cl)c(N3CCC(N4CCCCC4)C3)n2)c1. The highest BCUT2D eigenvalue weighted by Crippen LogP contribution is 2.30. The van der Waals surface area contributed by atoms with Crippen molar-refractivity contribution in [1.82, 2.24) is 19.9 Å². The number of hydrogen-bond acceptors (Lipinski definition) is 7. The van der Waals surface area contributed by atoms with Gasteiger partial charge in [-0.05, 0) is 44.8 Å². The van der Waals surface area contributed by atoms with Crippen LogP contribution >= 0.6 is 11.6 Å². The molecule has 5 rings (SSSR count). The molecular formula is C22H28ClN7O. The molecule has 0 bridgehead atoms. The van der Waals surface area contributed by atoms with Crippen LogP contribution in [0.1, 0.15) is 38.5 Å². The fourth-order valence-electron chi connectivity index (χ4n) is 4.85. The molecule has 2 aromatic heterocycles. The first-order chi connectivity index (χ1) is 15.2. The minimum absolute atomic E-state index is 0.140. The number of carbonyl (C=O) groups is 1. The minimum Gasteiger partial charge on any atom is -0.354 e. The number of rotatable bonds is 5. The highest BCUT2D eigenvalue weighted by atomic mass is 35.5. The molecule has 1 unspecified atom stereocenters. The summed E-state index contributed by atoms with van der Waals surface area (Å²) in [5, 5.41) is 3.80. The third kappa shape index (κ3) is 4.45. The Kier molecular flexibility index (Phi) is 5.91. The van der Waals surface area contributed by atoms with Gasteiger partial charge in [-0.1, -0.05) is 18.0 Å². The van der Waals surface area contributed by atoms with E-state index in [-0.39, 0.29) is 5.91 Å². The molecule has 3 saturated heterocycles. The zero-order chi connectivity index (χ0) is 21.2. The Morgan fingerprint density at radius 2 is 1.90 bits per heavy atom. The Labute approximate surface area is 187 Å². The number of amides is 1. The van der Waals surface area contributed by atoms with Gasteiger partial charge in [0.1, 0.15) is 5.02 Å². The van der Waals surface area contributed by atoms with E-state index in [0.29, 0.717) is 23.4 Å². The summed E-state index contributed by atoms with van der Waals surface area (Å²) >= 11 is 6.48. The topological polar surface area (TPSA) is 77.5 Å². The summed E-state index contributed by atoms with van der Waals surface area (Å²) in [6, 6.07) is 2.48. The van der Waals surface area contributed by atoms with Gasteiger partial charge in [0.2, 0.25) is 11.9 Å². The summed E-state index contributed by atoms with van der Waals surface area (Å²) in [4.78, 5) is 32.1. The zero-order valence-electron chi connectivity index (χ0n) is 17.6. The number of nitrogens with one attached hydrogen (secondary N) is 1.